The van der Waals surface area contributed by atoms with Gasteiger partial charge in [0.1, 0.15) is 15.3 Å². The van der Waals surface area contributed by atoms with Crippen LogP contribution in [-0.2, 0) is 0 Å². The van der Waals surface area contributed by atoms with Gasteiger partial charge in [0.05, 0.1) is 0 Å². The van der Waals surface area contributed by atoms with Crippen molar-refractivity contribution in [2.75, 3.05) is 0 Å². The van der Waals surface area contributed by atoms with E-state index >= 15 is 0 Å². The van der Waals surface area contributed by atoms with Crippen molar-refractivity contribution in [3.05, 3.63) is 23.6 Å². The number of carboxylic acids is 1. The predicted octanol–water partition coefficient (Wildman–Crippen LogP) is 0.296. The molecule has 0 aliphatic rings. The summed E-state index contributed by atoms with van der Waals surface area (Å²) < 4.78 is 12.7. The number of hydrogen-bond donors (Lipinski definition) is 1. The summed E-state index contributed by atoms with van der Waals surface area (Å²) in [5.74, 6) is -1.75. The molecule has 0 bridgehead atoms. The molecule has 62 valence electrons. The number of aromatic nitrogens is 1. The highest BCUT2D eigenvalue weighted by molar-refractivity contribution is 6.50. The number of rotatable bonds is 2. The molecule has 0 saturated carbocycles. The smallest absolute Gasteiger partial charge is 0.354 e. The Morgan fingerprint density at radius 1 is 1.67 bits per heavy atom. The Morgan fingerprint density at radius 2 is 2.33 bits per heavy atom. The zero-order valence-electron chi connectivity index (χ0n) is 6.34. The second-order valence-corrected chi connectivity index (χ2v) is 3.12. The molecule has 2 radical (unpaired) electrons. The van der Waals surface area contributed by atoms with E-state index in [1.54, 1.807) is 0 Å². The van der Waals surface area contributed by atoms with Crippen LogP contribution in [0.5, 0.6) is 0 Å². The Bertz CT molecular complexity index is 316. The van der Waals surface area contributed by atoms with Gasteiger partial charge < -0.3 is 5.11 Å². The fourth-order valence-electron chi connectivity index (χ4n) is 0.735. The molecule has 0 atom stereocenters. The minimum Gasteiger partial charge on any atom is -0.477 e. The molecule has 0 amide bonds. The van der Waals surface area contributed by atoms with Crippen LogP contribution in [0.2, 0.25) is 6.55 Å². The van der Waals surface area contributed by atoms with Gasteiger partial charge >= 0.3 is 5.97 Å². The summed E-state index contributed by atoms with van der Waals surface area (Å²) >= 11 is 0. The van der Waals surface area contributed by atoms with Crippen LogP contribution in [0.1, 0.15) is 10.5 Å². The van der Waals surface area contributed by atoms with Crippen LogP contribution in [0.4, 0.5) is 4.39 Å². The fourth-order valence-corrected chi connectivity index (χ4v) is 1.25. The lowest BCUT2D eigenvalue weighted by atomic mass is 10.3. The van der Waals surface area contributed by atoms with E-state index in [1.807, 2.05) is 6.55 Å². The van der Waals surface area contributed by atoms with Gasteiger partial charge in [0.2, 0.25) is 0 Å². The quantitative estimate of drug-likeness (QED) is 0.671. The summed E-state index contributed by atoms with van der Waals surface area (Å²) in [5, 5.41) is 8.98. The number of carbonyl (C=O) groups is 1. The maximum absolute atomic E-state index is 12.7. The SMILES string of the molecule is C[Si]c1cc(F)cc(C(=O)O)n1. The van der Waals surface area contributed by atoms with Crippen molar-refractivity contribution in [3.63, 3.8) is 0 Å². The van der Waals surface area contributed by atoms with Crippen molar-refractivity contribution in [2.24, 2.45) is 0 Å². The number of nitrogens with zero attached hydrogens (tertiary/aromatic N) is 1. The van der Waals surface area contributed by atoms with Crippen molar-refractivity contribution in [3.8, 4) is 0 Å². The first-order valence-corrected chi connectivity index (χ1v) is 4.72. The first kappa shape index (κ1) is 8.86. The lowest BCUT2D eigenvalue weighted by molar-refractivity contribution is 0.0690. The molecule has 1 rings (SSSR count). The van der Waals surface area contributed by atoms with Gasteiger partial charge in [-0.3, -0.25) is 4.98 Å². The van der Waals surface area contributed by atoms with E-state index in [0.29, 0.717) is 14.8 Å². The van der Waals surface area contributed by atoms with E-state index in [2.05, 4.69) is 4.98 Å². The molecule has 1 aromatic heterocycles. The molecule has 0 aromatic carbocycles. The van der Waals surface area contributed by atoms with Crippen LogP contribution in [0.25, 0.3) is 0 Å². The molecule has 0 spiro atoms. The molecule has 0 aliphatic carbocycles. The van der Waals surface area contributed by atoms with E-state index in [9.17, 15) is 9.18 Å². The van der Waals surface area contributed by atoms with Gasteiger partial charge in [-0.05, 0) is 6.07 Å². The third-order valence-electron chi connectivity index (χ3n) is 1.27. The average molecular weight is 183 g/mol. The van der Waals surface area contributed by atoms with Crippen LogP contribution in [0.3, 0.4) is 0 Å². The summed E-state index contributed by atoms with van der Waals surface area (Å²) in [6.45, 7) is 1.81. The predicted molar refractivity (Wildman–Crippen MR) is 42.4 cm³/mol. The molecule has 12 heavy (non-hydrogen) atoms. The topological polar surface area (TPSA) is 50.2 Å². The summed E-state index contributed by atoms with van der Waals surface area (Å²) in [6.07, 6.45) is 0. The molecule has 1 aromatic rings. The van der Waals surface area contributed by atoms with Crippen LogP contribution in [-0.4, -0.2) is 25.6 Å². The molecule has 0 unspecified atom stereocenters. The van der Waals surface area contributed by atoms with E-state index in [1.165, 1.54) is 6.07 Å². The second kappa shape index (κ2) is 3.44. The van der Waals surface area contributed by atoms with Gasteiger partial charge in [-0.15, -0.1) is 0 Å². The van der Waals surface area contributed by atoms with Crippen molar-refractivity contribution >= 4 is 20.8 Å². The molecule has 0 saturated heterocycles. The number of hydrogen-bond acceptors (Lipinski definition) is 2. The fraction of sp³-hybridized carbons (Fsp3) is 0.143. The summed E-state index contributed by atoms with van der Waals surface area (Å²) in [5.41, 5.74) is -0.237. The van der Waals surface area contributed by atoms with Crippen molar-refractivity contribution in [1.82, 2.24) is 4.98 Å². The van der Waals surface area contributed by atoms with Crippen LogP contribution in [0.15, 0.2) is 12.1 Å². The van der Waals surface area contributed by atoms with Crippen LogP contribution >= 0.6 is 0 Å². The van der Waals surface area contributed by atoms with Crippen molar-refractivity contribution < 1.29 is 14.3 Å². The minimum atomic E-state index is -1.20. The van der Waals surface area contributed by atoms with E-state index < -0.39 is 11.8 Å². The van der Waals surface area contributed by atoms with E-state index in [0.717, 1.165) is 6.07 Å². The molecule has 1 N–H and O–H groups in total. The van der Waals surface area contributed by atoms with Crippen molar-refractivity contribution in [1.29, 1.82) is 0 Å². The van der Waals surface area contributed by atoms with Gasteiger partial charge in [-0.2, -0.15) is 0 Å². The summed E-state index contributed by atoms with van der Waals surface area (Å²) in [7, 11) is 0.301. The highest BCUT2D eigenvalue weighted by Gasteiger charge is 2.07. The van der Waals surface area contributed by atoms with Crippen LogP contribution in [0, 0.1) is 5.82 Å². The molecule has 3 nitrogen and oxygen atoms in total. The lowest BCUT2D eigenvalue weighted by Gasteiger charge is -1.97. The van der Waals surface area contributed by atoms with Crippen molar-refractivity contribution in [2.45, 2.75) is 6.55 Å². The molecule has 1 heterocycles. The average Bonchev–Trinajstić information content (AvgIpc) is 2.03. The first-order chi connectivity index (χ1) is 5.63. The maximum Gasteiger partial charge on any atom is 0.354 e. The molecule has 5 heteroatoms. The number of pyridine rings is 1. The standard InChI is InChI=1S/C7H6FNO2Si/c1-12-6-3-4(8)2-5(9-6)7(10)11/h2-3H,1H3,(H,10,11). The molecular weight excluding hydrogens is 177 g/mol. The second-order valence-electron chi connectivity index (χ2n) is 2.11. The largest absolute Gasteiger partial charge is 0.477 e. The minimum absolute atomic E-state index is 0.237. The summed E-state index contributed by atoms with van der Waals surface area (Å²) in [4.78, 5) is 14.1. The Hall–Kier alpha value is -1.23. The third kappa shape index (κ3) is 1.88. The lowest BCUT2D eigenvalue weighted by Crippen LogP contribution is -2.19. The number of carboxylic acid groups (broad SMARTS) is 1. The van der Waals surface area contributed by atoms with Gasteiger partial charge in [-0.1, -0.05) is 6.55 Å². The molecule has 0 fully saturated rings. The Labute approximate surface area is 71.1 Å². The van der Waals surface area contributed by atoms with Gasteiger partial charge in [0.25, 0.3) is 0 Å². The van der Waals surface area contributed by atoms with Gasteiger partial charge in [0.15, 0.2) is 5.69 Å². The van der Waals surface area contributed by atoms with E-state index in [4.69, 9.17) is 5.11 Å². The van der Waals surface area contributed by atoms with Gasteiger partial charge in [-0.25, -0.2) is 9.18 Å². The monoisotopic (exact) mass is 183 g/mol. The number of aromatic carboxylic acids is 1. The maximum atomic E-state index is 12.7. The third-order valence-corrected chi connectivity index (χ3v) is 2.03. The van der Waals surface area contributed by atoms with Gasteiger partial charge in [0, 0.05) is 11.4 Å². The highest BCUT2D eigenvalue weighted by atomic mass is 28.2. The number of halogens is 1. The molecule has 0 aliphatic heterocycles. The van der Waals surface area contributed by atoms with E-state index in [-0.39, 0.29) is 5.69 Å². The Kier molecular flexibility index (Phi) is 2.54. The van der Waals surface area contributed by atoms with Crippen LogP contribution < -0.4 is 5.32 Å². The molecular formula is C7H6FNO2Si. The first-order valence-electron chi connectivity index (χ1n) is 3.22. The summed E-state index contributed by atoms with van der Waals surface area (Å²) in [6, 6.07) is 2.15. The Balaban J connectivity index is 3.15. The zero-order valence-corrected chi connectivity index (χ0v) is 7.34. The highest BCUT2D eigenvalue weighted by Crippen LogP contribution is 1.97. The zero-order chi connectivity index (χ0) is 9.14. The normalized spacial score (nSPS) is 9.83. The Morgan fingerprint density at radius 3 is 2.83 bits per heavy atom.